The molecule has 0 spiro atoms. The molecule has 23 heavy (non-hydrogen) atoms. The fourth-order valence-corrected chi connectivity index (χ4v) is 2.45. The zero-order valence-electron chi connectivity index (χ0n) is 13.8. The second-order valence-electron chi connectivity index (χ2n) is 5.65. The van der Waals surface area contributed by atoms with Gasteiger partial charge in [-0.2, -0.15) is 0 Å². The van der Waals surface area contributed by atoms with Gasteiger partial charge in [-0.3, -0.25) is 4.79 Å². The number of rotatable bonds is 8. The van der Waals surface area contributed by atoms with Crippen molar-refractivity contribution in [1.82, 2.24) is 5.32 Å². The number of amides is 1. The van der Waals surface area contributed by atoms with E-state index in [4.69, 9.17) is 0 Å². The average Bonchev–Trinajstić information content (AvgIpc) is 2.61. The van der Waals surface area contributed by atoms with E-state index in [1.54, 1.807) is 0 Å². The molecule has 0 aliphatic heterocycles. The fourth-order valence-electron chi connectivity index (χ4n) is 2.45. The lowest BCUT2D eigenvalue weighted by Crippen LogP contribution is -2.23. The molecular weight excluding hydrogens is 282 g/mol. The van der Waals surface area contributed by atoms with Crippen LogP contribution in [0.4, 0.5) is 0 Å². The maximum absolute atomic E-state index is 12.4. The lowest BCUT2D eigenvalue weighted by molar-refractivity contribution is 0.0950. The normalized spacial score (nSPS) is 10.8. The average molecular weight is 307 g/mol. The molecule has 0 saturated heterocycles. The predicted octanol–water partition coefficient (Wildman–Crippen LogP) is 5.21. The highest BCUT2D eigenvalue weighted by Crippen LogP contribution is 2.12. The lowest BCUT2D eigenvalue weighted by atomic mass is 10.1. The van der Waals surface area contributed by atoms with Crippen LogP contribution in [0.1, 0.15) is 54.1 Å². The van der Waals surface area contributed by atoms with Crippen LogP contribution in [-0.4, -0.2) is 5.91 Å². The molecule has 1 amide bonds. The minimum atomic E-state index is -0.0253. The van der Waals surface area contributed by atoms with E-state index >= 15 is 0 Å². The molecular formula is C21H25NO. The smallest absolute Gasteiger partial charge is 0.252 e. The van der Waals surface area contributed by atoms with E-state index in [0.717, 1.165) is 23.1 Å². The van der Waals surface area contributed by atoms with E-state index in [1.165, 1.54) is 19.3 Å². The molecule has 0 unspecified atom stereocenters. The van der Waals surface area contributed by atoms with Gasteiger partial charge in [-0.05, 0) is 30.0 Å². The second kappa shape index (κ2) is 9.62. The highest BCUT2D eigenvalue weighted by Gasteiger charge is 2.08. The van der Waals surface area contributed by atoms with Crippen LogP contribution in [0.15, 0.2) is 60.7 Å². The molecule has 1 N–H and O–H groups in total. The first kappa shape index (κ1) is 17.0. The van der Waals surface area contributed by atoms with Crippen LogP contribution in [0.3, 0.4) is 0 Å². The molecule has 0 atom stereocenters. The summed E-state index contributed by atoms with van der Waals surface area (Å²) in [5.41, 5.74) is 2.82. The van der Waals surface area contributed by atoms with Crippen LogP contribution < -0.4 is 5.32 Å². The number of carbonyl (C=O) groups excluding carboxylic acids is 1. The van der Waals surface area contributed by atoms with Gasteiger partial charge >= 0.3 is 0 Å². The van der Waals surface area contributed by atoms with Gasteiger partial charge in [0.05, 0.1) is 0 Å². The van der Waals surface area contributed by atoms with E-state index < -0.39 is 0 Å². The number of hydrogen-bond donors (Lipinski definition) is 1. The Hall–Kier alpha value is -2.35. The van der Waals surface area contributed by atoms with Crippen molar-refractivity contribution in [2.45, 2.75) is 39.2 Å². The Morgan fingerprint density at radius 1 is 1.00 bits per heavy atom. The van der Waals surface area contributed by atoms with Gasteiger partial charge < -0.3 is 5.32 Å². The quantitative estimate of drug-likeness (QED) is 0.666. The van der Waals surface area contributed by atoms with Crippen LogP contribution >= 0.6 is 0 Å². The van der Waals surface area contributed by atoms with E-state index in [1.807, 2.05) is 54.6 Å². The van der Waals surface area contributed by atoms with Gasteiger partial charge in [0, 0.05) is 12.1 Å². The Kier molecular flexibility index (Phi) is 7.12. The van der Waals surface area contributed by atoms with Crippen LogP contribution in [0.2, 0.25) is 0 Å². The number of allylic oxidation sites excluding steroid dienone is 1. The molecule has 0 saturated carbocycles. The molecule has 0 heterocycles. The summed E-state index contributed by atoms with van der Waals surface area (Å²) in [5, 5.41) is 2.99. The van der Waals surface area contributed by atoms with Crippen molar-refractivity contribution in [2.75, 3.05) is 0 Å². The minimum Gasteiger partial charge on any atom is -0.348 e. The summed E-state index contributed by atoms with van der Waals surface area (Å²) < 4.78 is 0. The van der Waals surface area contributed by atoms with Crippen LogP contribution in [0.25, 0.3) is 6.08 Å². The molecule has 2 rings (SSSR count). The van der Waals surface area contributed by atoms with Crippen molar-refractivity contribution in [3.05, 3.63) is 77.4 Å². The van der Waals surface area contributed by atoms with Gasteiger partial charge in [0.2, 0.25) is 0 Å². The molecule has 2 heteroatoms. The molecule has 0 aromatic heterocycles. The number of hydrogen-bond acceptors (Lipinski definition) is 1. The van der Waals surface area contributed by atoms with Crippen molar-refractivity contribution < 1.29 is 4.79 Å². The number of unbranched alkanes of at least 4 members (excludes halogenated alkanes) is 3. The predicted molar refractivity (Wildman–Crippen MR) is 97.2 cm³/mol. The standard InChI is InChI=1S/C21H25NO/c1-2-3-4-5-9-14-19-15-10-11-16-20(19)21(23)22-17-18-12-7-6-8-13-18/h6-16H,2-5,17H2,1H3,(H,22,23)/b14-9+. The molecule has 0 radical (unpaired) electrons. The summed E-state index contributed by atoms with van der Waals surface area (Å²) in [6, 6.07) is 17.7. The zero-order chi connectivity index (χ0) is 16.3. The van der Waals surface area contributed by atoms with E-state index in [0.29, 0.717) is 6.54 Å². The lowest BCUT2D eigenvalue weighted by Gasteiger charge is -2.08. The Morgan fingerprint density at radius 2 is 1.74 bits per heavy atom. The molecule has 0 aliphatic carbocycles. The Bertz CT molecular complexity index is 631. The van der Waals surface area contributed by atoms with E-state index in [2.05, 4.69) is 24.4 Å². The van der Waals surface area contributed by atoms with Gasteiger partial charge in [0.1, 0.15) is 0 Å². The first-order valence-corrected chi connectivity index (χ1v) is 8.39. The third-order valence-corrected chi connectivity index (χ3v) is 3.77. The van der Waals surface area contributed by atoms with Gasteiger partial charge in [-0.15, -0.1) is 0 Å². The number of nitrogens with one attached hydrogen (secondary N) is 1. The molecule has 2 aromatic rings. The monoisotopic (exact) mass is 307 g/mol. The van der Waals surface area contributed by atoms with Crippen molar-refractivity contribution in [2.24, 2.45) is 0 Å². The third-order valence-electron chi connectivity index (χ3n) is 3.77. The maximum Gasteiger partial charge on any atom is 0.252 e. The van der Waals surface area contributed by atoms with Crippen molar-refractivity contribution in [3.63, 3.8) is 0 Å². The van der Waals surface area contributed by atoms with E-state index in [-0.39, 0.29) is 5.91 Å². The molecule has 0 bridgehead atoms. The van der Waals surface area contributed by atoms with Crippen LogP contribution in [-0.2, 0) is 6.54 Å². The Morgan fingerprint density at radius 3 is 2.52 bits per heavy atom. The number of carbonyl (C=O) groups is 1. The Balaban J connectivity index is 1.97. The molecule has 2 aromatic carbocycles. The van der Waals surface area contributed by atoms with Crippen LogP contribution in [0, 0.1) is 0 Å². The van der Waals surface area contributed by atoms with Gasteiger partial charge in [-0.1, -0.05) is 80.4 Å². The van der Waals surface area contributed by atoms with Crippen molar-refractivity contribution >= 4 is 12.0 Å². The maximum atomic E-state index is 12.4. The Labute approximate surface area is 139 Å². The number of benzene rings is 2. The van der Waals surface area contributed by atoms with Crippen LogP contribution in [0.5, 0.6) is 0 Å². The van der Waals surface area contributed by atoms with Crippen molar-refractivity contribution in [3.8, 4) is 0 Å². The second-order valence-corrected chi connectivity index (χ2v) is 5.65. The molecule has 0 fully saturated rings. The summed E-state index contributed by atoms with van der Waals surface area (Å²) >= 11 is 0. The molecule has 0 aliphatic rings. The van der Waals surface area contributed by atoms with Gasteiger partial charge in [-0.25, -0.2) is 0 Å². The summed E-state index contributed by atoms with van der Waals surface area (Å²) in [7, 11) is 0. The first-order chi connectivity index (χ1) is 11.3. The topological polar surface area (TPSA) is 29.1 Å². The molecule has 2 nitrogen and oxygen atoms in total. The first-order valence-electron chi connectivity index (χ1n) is 8.39. The highest BCUT2D eigenvalue weighted by atomic mass is 16.1. The molecule has 120 valence electrons. The minimum absolute atomic E-state index is 0.0253. The third kappa shape index (κ3) is 5.74. The van der Waals surface area contributed by atoms with E-state index in [9.17, 15) is 4.79 Å². The zero-order valence-corrected chi connectivity index (χ0v) is 13.8. The largest absolute Gasteiger partial charge is 0.348 e. The van der Waals surface area contributed by atoms with Gasteiger partial charge in [0.25, 0.3) is 5.91 Å². The summed E-state index contributed by atoms with van der Waals surface area (Å²) in [5.74, 6) is -0.0253. The summed E-state index contributed by atoms with van der Waals surface area (Å²) in [4.78, 5) is 12.4. The summed E-state index contributed by atoms with van der Waals surface area (Å²) in [6.45, 7) is 2.75. The van der Waals surface area contributed by atoms with Crippen molar-refractivity contribution in [1.29, 1.82) is 0 Å². The highest BCUT2D eigenvalue weighted by molar-refractivity contribution is 5.97. The summed E-state index contributed by atoms with van der Waals surface area (Å²) in [6.07, 6.45) is 8.98. The van der Waals surface area contributed by atoms with Gasteiger partial charge in [0.15, 0.2) is 0 Å². The SMILES string of the molecule is CCCCC/C=C/c1ccccc1C(=O)NCc1ccccc1. The fraction of sp³-hybridized carbons (Fsp3) is 0.286.